The van der Waals surface area contributed by atoms with E-state index < -0.39 is 5.97 Å². The summed E-state index contributed by atoms with van der Waals surface area (Å²) >= 11 is 5.94. The van der Waals surface area contributed by atoms with Gasteiger partial charge in [-0.15, -0.1) is 0 Å². The molecule has 4 heteroatoms. The number of carboxylic acid groups (broad SMARTS) is 1. The zero-order valence-corrected chi connectivity index (χ0v) is 9.41. The Morgan fingerprint density at radius 1 is 1.60 bits per heavy atom. The normalized spacial score (nSPS) is 12.2. The number of rotatable bonds is 4. The average Bonchev–Trinajstić information content (AvgIpc) is 2.08. The van der Waals surface area contributed by atoms with Gasteiger partial charge in [0.1, 0.15) is 11.9 Å². The van der Waals surface area contributed by atoms with Gasteiger partial charge in [-0.05, 0) is 31.5 Å². The van der Waals surface area contributed by atoms with Crippen LogP contribution >= 0.6 is 11.6 Å². The summed E-state index contributed by atoms with van der Waals surface area (Å²) in [5.74, 6) is -0.359. The van der Waals surface area contributed by atoms with Gasteiger partial charge in [-0.2, -0.15) is 0 Å². The molecule has 1 aromatic carbocycles. The largest absolute Gasteiger partial charge is 0.489 e. The molecule has 0 heterocycles. The van der Waals surface area contributed by atoms with Crippen LogP contribution in [0.3, 0.4) is 0 Å². The van der Waals surface area contributed by atoms with E-state index in [0.717, 1.165) is 5.56 Å². The van der Waals surface area contributed by atoms with Crippen molar-refractivity contribution in [3.8, 4) is 5.75 Å². The summed E-state index contributed by atoms with van der Waals surface area (Å²) in [5, 5.41) is 9.07. The van der Waals surface area contributed by atoms with Crippen molar-refractivity contribution in [2.45, 2.75) is 26.4 Å². The van der Waals surface area contributed by atoms with Crippen LogP contribution in [-0.4, -0.2) is 17.2 Å². The van der Waals surface area contributed by atoms with Crippen molar-refractivity contribution < 1.29 is 14.6 Å². The van der Waals surface area contributed by atoms with E-state index in [1.54, 1.807) is 19.1 Å². The lowest BCUT2D eigenvalue weighted by atomic mass is 10.2. The van der Waals surface area contributed by atoms with Gasteiger partial charge in [0.05, 0.1) is 11.4 Å². The molecule has 0 amide bonds. The highest BCUT2D eigenvalue weighted by molar-refractivity contribution is 6.32. The first kappa shape index (κ1) is 11.9. The zero-order chi connectivity index (χ0) is 11.4. The van der Waals surface area contributed by atoms with E-state index in [0.29, 0.717) is 10.8 Å². The van der Waals surface area contributed by atoms with E-state index in [9.17, 15) is 4.79 Å². The van der Waals surface area contributed by atoms with Gasteiger partial charge >= 0.3 is 5.97 Å². The van der Waals surface area contributed by atoms with Crippen LogP contribution in [0.4, 0.5) is 0 Å². The number of benzene rings is 1. The van der Waals surface area contributed by atoms with E-state index in [4.69, 9.17) is 21.4 Å². The molecule has 1 aromatic rings. The minimum atomic E-state index is -0.884. The van der Waals surface area contributed by atoms with Gasteiger partial charge in [0.2, 0.25) is 0 Å². The smallest absolute Gasteiger partial charge is 0.307 e. The molecule has 0 saturated carbocycles. The molecule has 0 bridgehead atoms. The Labute approximate surface area is 93.6 Å². The molecule has 3 nitrogen and oxygen atoms in total. The van der Waals surface area contributed by atoms with Gasteiger partial charge in [0.15, 0.2) is 0 Å². The lowest BCUT2D eigenvalue weighted by Crippen LogP contribution is -2.16. The van der Waals surface area contributed by atoms with Crippen LogP contribution in [0.5, 0.6) is 5.75 Å². The second-order valence-corrected chi connectivity index (χ2v) is 3.87. The maximum atomic E-state index is 10.4. The van der Waals surface area contributed by atoms with E-state index >= 15 is 0 Å². The Bertz CT molecular complexity index is 363. The zero-order valence-electron chi connectivity index (χ0n) is 8.66. The minimum Gasteiger partial charge on any atom is -0.489 e. The van der Waals surface area contributed by atoms with E-state index in [1.165, 1.54) is 0 Å². The summed E-state index contributed by atoms with van der Waals surface area (Å²) in [4.78, 5) is 10.4. The third-order valence-corrected chi connectivity index (χ3v) is 2.17. The van der Waals surface area contributed by atoms with Crippen molar-refractivity contribution in [3.05, 3.63) is 28.8 Å². The maximum absolute atomic E-state index is 10.4. The Balaban J connectivity index is 2.68. The second kappa shape index (κ2) is 5.03. The highest BCUT2D eigenvalue weighted by atomic mass is 35.5. The molecule has 0 radical (unpaired) electrons. The molecule has 0 aliphatic carbocycles. The topological polar surface area (TPSA) is 46.5 Å². The van der Waals surface area contributed by atoms with E-state index in [1.807, 2.05) is 13.0 Å². The quantitative estimate of drug-likeness (QED) is 0.862. The predicted octanol–water partition coefficient (Wildman–Crippen LogP) is 2.89. The molecule has 15 heavy (non-hydrogen) atoms. The molecule has 0 fully saturated rings. The molecule has 0 aliphatic heterocycles. The van der Waals surface area contributed by atoms with Crippen molar-refractivity contribution in [3.63, 3.8) is 0 Å². The SMILES string of the molecule is Cc1ccc(O[C@H](C)CC(=O)O)c(Cl)c1. The molecular formula is C11H13ClO3. The first-order valence-electron chi connectivity index (χ1n) is 4.63. The highest BCUT2D eigenvalue weighted by Gasteiger charge is 2.10. The number of carboxylic acids is 1. The van der Waals surface area contributed by atoms with Gasteiger partial charge in [-0.1, -0.05) is 17.7 Å². The fourth-order valence-corrected chi connectivity index (χ4v) is 1.49. The molecule has 0 aliphatic rings. The summed E-state index contributed by atoms with van der Waals surface area (Å²) in [6.45, 7) is 3.63. The lowest BCUT2D eigenvalue weighted by Gasteiger charge is -2.13. The van der Waals surface area contributed by atoms with Crippen LogP contribution < -0.4 is 4.74 Å². The molecule has 1 N–H and O–H groups in total. The molecule has 1 rings (SSSR count). The van der Waals surface area contributed by atoms with Crippen molar-refractivity contribution in [2.75, 3.05) is 0 Å². The molecule has 82 valence electrons. The number of hydrogen-bond acceptors (Lipinski definition) is 2. The second-order valence-electron chi connectivity index (χ2n) is 3.46. The van der Waals surface area contributed by atoms with Crippen LogP contribution in [0, 0.1) is 6.92 Å². The highest BCUT2D eigenvalue weighted by Crippen LogP contribution is 2.26. The van der Waals surface area contributed by atoms with Crippen LogP contribution in [0.15, 0.2) is 18.2 Å². The Kier molecular flexibility index (Phi) is 3.97. The number of halogens is 1. The minimum absolute atomic E-state index is 0.0375. The predicted molar refractivity (Wildman–Crippen MR) is 58.5 cm³/mol. The maximum Gasteiger partial charge on any atom is 0.307 e. The number of hydrogen-bond donors (Lipinski definition) is 1. The number of aliphatic carboxylic acids is 1. The van der Waals surface area contributed by atoms with Gasteiger partial charge < -0.3 is 9.84 Å². The summed E-state index contributed by atoms with van der Waals surface area (Å²) < 4.78 is 5.40. The molecule has 0 aromatic heterocycles. The average molecular weight is 229 g/mol. The Morgan fingerprint density at radius 3 is 2.80 bits per heavy atom. The third-order valence-electron chi connectivity index (χ3n) is 1.88. The Hall–Kier alpha value is -1.22. The first-order valence-corrected chi connectivity index (χ1v) is 5.01. The number of aryl methyl sites for hydroxylation is 1. The number of carbonyl (C=O) groups is 1. The van der Waals surface area contributed by atoms with E-state index in [2.05, 4.69) is 0 Å². The summed E-state index contributed by atoms with van der Waals surface area (Å²) in [5.41, 5.74) is 1.04. The monoisotopic (exact) mass is 228 g/mol. The van der Waals surface area contributed by atoms with Gasteiger partial charge in [-0.25, -0.2) is 0 Å². The van der Waals surface area contributed by atoms with Crippen LogP contribution in [-0.2, 0) is 4.79 Å². The molecule has 0 spiro atoms. The summed E-state index contributed by atoms with van der Waals surface area (Å²) in [6, 6.07) is 5.40. The van der Waals surface area contributed by atoms with Gasteiger partial charge in [0.25, 0.3) is 0 Å². The van der Waals surface area contributed by atoms with E-state index in [-0.39, 0.29) is 12.5 Å². The molecule has 0 unspecified atom stereocenters. The van der Waals surface area contributed by atoms with Gasteiger partial charge in [0, 0.05) is 0 Å². The Morgan fingerprint density at radius 2 is 2.27 bits per heavy atom. The molecular weight excluding hydrogens is 216 g/mol. The van der Waals surface area contributed by atoms with Gasteiger partial charge in [-0.3, -0.25) is 4.79 Å². The van der Waals surface area contributed by atoms with Crippen LogP contribution in [0.2, 0.25) is 5.02 Å². The van der Waals surface area contributed by atoms with Crippen molar-refractivity contribution in [2.24, 2.45) is 0 Å². The number of ether oxygens (including phenoxy) is 1. The molecule has 1 atom stereocenters. The van der Waals surface area contributed by atoms with Crippen LogP contribution in [0.1, 0.15) is 18.9 Å². The fourth-order valence-electron chi connectivity index (χ4n) is 1.21. The van der Waals surface area contributed by atoms with Crippen molar-refractivity contribution >= 4 is 17.6 Å². The van der Waals surface area contributed by atoms with Crippen molar-refractivity contribution in [1.82, 2.24) is 0 Å². The summed E-state index contributed by atoms with van der Waals surface area (Å²) in [6.07, 6.45) is -0.424. The standard InChI is InChI=1S/C11H13ClO3/c1-7-3-4-10(9(12)5-7)15-8(2)6-11(13)14/h3-5,8H,6H2,1-2H3,(H,13,14)/t8-/m1/s1. The molecule has 0 saturated heterocycles. The summed E-state index contributed by atoms with van der Waals surface area (Å²) in [7, 11) is 0. The fraction of sp³-hybridized carbons (Fsp3) is 0.364. The van der Waals surface area contributed by atoms with Crippen LogP contribution in [0.25, 0.3) is 0 Å². The third kappa shape index (κ3) is 3.80. The van der Waals surface area contributed by atoms with Crippen molar-refractivity contribution in [1.29, 1.82) is 0 Å². The lowest BCUT2D eigenvalue weighted by molar-refractivity contribution is -0.138. The first-order chi connectivity index (χ1) is 6.99.